The van der Waals surface area contributed by atoms with E-state index in [0.717, 1.165) is 18.2 Å². The van der Waals surface area contributed by atoms with E-state index in [0.29, 0.717) is 23.9 Å². The van der Waals surface area contributed by atoms with Crippen molar-refractivity contribution in [2.24, 2.45) is 16.8 Å². The normalized spacial score (nSPS) is 12.2. The molecule has 0 saturated heterocycles. The fourth-order valence-electron chi connectivity index (χ4n) is 2.10. The van der Waals surface area contributed by atoms with Crippen molar-refractivity contribution in [3.8, 4) is 5.75 Å². The Morgan fingerprint density at radius 1 is 1.35 bits per heavy atom. The molecule has 0 atom stereocenters. The molecule has 5 heteroatoms. The van der Waals surface area contributed by atoms with Gasteiger partial charge in [-0.15, -0.1) is 0 Å². The predicted octanol–water partition coefficient (Wildman–Crippen LogP) is 3.34. The average Bonchev–Trinajstić information content (AvgIpc) is 2.86. The van der Waals surface area contributed by atoms with Crippen LogP contribution in [0.25, 0.3) is 11.0 Å². The summed E-state index contributed by atoms with van der Waals surface area (Å²) in [6, 6.07) is 7.49. The van der Waals surface area contributed by atoms with Crippen molar-refractivity contribution in [3.63, 3.8) is 0 Å². The van der Waals surface area contributed by atoms with Gasteiger partial charge in [0.05, 0.1) is 12.0 Å². The van der Waals surface area contributed by atoms with Crippen molar-refractivity contribution >= 4 is 16.8 Å². The molecule has 0 saturated carbocycles. The molecule has 0 aliphatic rings. The van der Waals surface area contributed by atoms with Gasteiger partial charge in [0.15, 0.2) is 5.75 Å². The van der Waals surface area contributed by atoms with Crippen LogP contribution >= 0.6 is 0 Å². The lowest BCUT2D eigenvalue weighted by Crippen LogP contribution is -2.16. The Morgan fingerprint density at radius 2 is 2.05 bits per heavy atom. The number of nitrogens with zero attached hydrogens (tertiary/aromatic N) is 1. The molecule has 1 heterocycles. The van der Waals surface area contributed by atoms with Gasteiger partial charge in [-0.2, -0.15) is 0 Å². The van der Waals surface area contributed by atoms with Gasteiger partial charge in [0, 0.05) is 0 Å². The molecule has 0 bridgehead atoms. The molecule has 3 N–H and O–H groups in total. The van der Waals surface area contributed by atoms with Gasteiger partial charge in [-0.3, -0.25) is 0 Å². The summed E-state index contributed by atoms with van der Waals surface area (Å²) in [7, 11) is 0. The third kappa shape index (κ3) is 2.71. The molecule has 1 aromatic carbocycles. The molecule has 5 nitrogen and oxygen atoms in total. The Morgan fingerprint density at radius 3 is 2.70 bits per heavy atom. The summed E-state index contributed by atoms with van der Waals surface area (Å²) in [4.78, 5) is 0. The van der Waals surface area contributed by atoms with Crippen LogP contribution in [0.15, 0.2) is 33.8 Å². The van der Waals surface area contributed by atoms with Gasteiger partial charge in [0.25, 0.3) is 0 Å². The van der Waals surface area contributed by atoms with Crippen LogP contribution in [0.2, 0.25) is 0 Å². The maximum absolute atomic E-state index is 8.85. The number of oxime groups is 1. The molecule has 0 spiro atoms. The van der Waals surface area contributed by atoms with Gasteiger partial charge in [-0.25, -0.2) is 0 Å². The fourth-order valence-corrected chi connectivity index (χ4v) is 2.10. The molecule has 1 aromatic heterocycles. The maximum atomic E-state index is 8.85. The highest BCUT2D eigenvalue weighted by molar-refractivity contribution is 6.03. The number of hydrogen-bond acceptors (Lipinski definition) is 4. The van der Waals surface area contributed by atoms with Crippen LogP contribution in [-0.4, -0.2) is 17.6 Å². The Kier molecular flexibility index (Phi) is 4.50. The van der Waals surface area contributed by atoms with Crippen molar-refractivity contribution in [2.75, 3.05) is 6.61 Å². The van der Waals surface area contributed by atoms with Gasteiger partial charge < -0.3 is 20.1 Å². The molecule has 2 aromatic rings. The molecule has 0 amide bonds. The molecule has 108 valence electrons. The molecular formula is C15H20N2O3. The van der Waals surface area contributed by atoms with Crippen LogP contribution < -0.4 is 10.5 Å². The molecule has 20 heavy (non-hydrogen) atoms. The van der Waals surface area contributed by atoms with E-state index in [-0.39, 0.29) is 11.6 Å². The summed E-state index contributed by atoms with van der Waals surface area (Å²) >= 11 is 0. The summed E-state index contributed by atoms with van der Waals surface area (Å²) in [5, 5.41) is 12.7. The van der Waals surface area contributed by atoms with Crippen LogP contribution in [0.3, 0.4) is 0 Å². The standard InChI is InChI=1S/C15H20N2O3/c1-3-10(4-2)9-19-13-11-7-5-6-8-12(11)20-14(13)15(16)17-18/h5-8,10,18H,3-4,9H2,1-2H3,(H2,16,17). The Balaban J connectivity index is 2.38. The molecular weight excluding hydrogens is 256 g/mol. The Hall–Kier alpha value is -2.17. The first-order valence-electron chi connectivity index (χ1n) is 6.83. The lowest BCUT2D eigenvalue weighted by molar-refractivity contribution is 0.239. The zero-order chi connectivity index (χ0) is 14.5. The van der Waals surface area contributed by atoms with Crippen molar-refractivity contribution in [2.45, 2.75) is 26.7 Å². The van der Waals surface area contributed by atoms with E-state index >= 15 is 0 Å². The highest BCUT2D eigenvalue weighted by Gasteiger charge is 2.19. The second-order valence-electron chi connectivity index (χ2n) is 4.74. The van der Waals surface area contributed by atoms with Gasteiger partial charge in [-0.1, -0.05) is 44.0 Å². The first-order chi connectivity index (χ1) is 9.71. The second kappa shape index (κ2) is 6.32. The number of benzene rings is 1. The minimum atomic E-state index is -0.0826. The quantitative estimate of drug-likeness (QED) is 0.367. The Labute approximate surface area is 118 Å². The topological polar surface area (TPSA) is 81.0 Å². The largest absolute Gasteiger partial charge is 0.488 e. The number of furan rings is 1. The third-order valence-electron chi connectivity index (χ3n) is 3.51. The van der Waals surface area contributed by atoms with E-state index in [1.54, 1.807) is 0 Å². The third-order valence-corrected chi connectivity index (χ3v) is 3.51. The number of hydrogen-bond donors (Lipinski definition) is 2. The van der Waals surface area contributed by atoms with Gasteiger partial charge >= 0.3 is 0 Å². The molecule has 0 unspecified atom stereocenters. The predicted molar refractivity (Wildman–Crippen MR) is 78.3 cm³/mol. The van der Waals surface area contributed by atoms with Crippen molar-refractivity contribution < 1.29 is 14.4 Å². The lowest BCUT2D eigenvalue weighted by Gasteiger charge is -2.13. The van der Waals surface area contributed by atoms with Crippen LogP contribution in [0, 0.1) is 5.92 Å². The summed E-state index contributed by atoms with van der Waals surface area (Å²) in [5.74, 6) is 1.21. The van der Waals surface area contributed by atoms with E-state index in [2.05, 4.69) is 19.0 Å². The van der Waals surface area contributed by atoms with E-state index < -0.39 is 0 Å². The molecule has 2 rings (SSSR count). The zero-order valence-electron chi connectivity index (χ0n) is 11.8. The van der Waals surface area contributed by atoms with Crippen LogP contribution in [0.5, 0.6) is 5.75 Å². The summed E-state index contributed by atoms with van der Waals surface area (Å²) in [6.07, 6.45) is 2.09. The minimum absolute atomic E-state index is 0.0826. The number of rotatable bonds is 6. The lowest BCUT2D eigenvalue weighted by atomic mass is 10.1. The molecule has 0 aliphatic heterocycles. The molecule has 0 fully saturated rings. The van der Waals surface area contributed by atoms with E-state index in [9.17, 15) is 0 Å². The van der Waals surface area contributed by atoms with Crippen molar-refractivity contribution in [1.29, 1.82) is 0 Å². The van der Waals surface area contributed by atoms with E-state index in [4.69, 9.17) is 20.1 Å². The van der Waals surface area contributed by atoms with Crippen LogP contribution in [0.4, 0.5) is 0 Å². The van der Waals surface area contributed by atoms with Crippen molar-refractivity contribution in [3.05, 3.63) is 30.0 Å². The van der Waals surface area contributed by atoms with Gasteiger partial charge in [0.1, 0.15) is 5.58 Å². The van der Waals surface area contributed by atoms with Crippen LogP contribution in [0.1, 0.15) is 32.4 Å². The highest BCUT2D eigenvalue weighted by atomic mass is 16.5. The first kappa shape index (κ1) is 14.2. The van der Waals surface area contributed by atoms with E-state index in [1.807, 2.05) is 24.3 Å². The fraction of sp³-hybridized carbons (Fsp3) is 0.400. The summed E-state index contributed by atoms with van der Waals surface area (Å²) in [6.45, 7) is 4.85. The Bertz CT molecular complexity index is 600. The maximum Gasteiger partial charge on any atom is 0.215 e. The minimum Gasteiger partial charge on any atom is -0.488 e. The molecule has 0 aliphatic carbocycles. The number of amidine groups is 1. The zero-order valence-corrected chi connectivity index (χ0v) is 11.8. The monoisotopic (exact) mass is 276 g/mol. The first-order valence-corrected chi connectivity index (χ1v) is 6.83. The number of ether oxygens (including phenoxy) is 1. The SMILES string of the molecule is CCC(CC)COc1c(/C(N)=N/O)oc2ccccc12. The second-order valence-corrected chi connectivity index (χ2v) is 4.74. The number of para-hydroxylation sites is 1. The van der Waals surface area contributed by atoms with Crippen molar-refractivity contribution in [1.82, 2.24) is 0 Å². The highest BCUT2D eigenvalue weighted by Crippen LogP contribution is 2.33. The number of fused-ring (bicyclic) bond motifs is 1. The summed E-state index contributed by atoms with van der Waals surface area (Å²) < 4.78 is 11.5. The average molecular weight is 276 g/mol. The smallest absolute Gasteiger partial charge is 0.215 e. The summed E-state index contributed by atoms with van der Waals surface area (Å²) in [5.41, 5.74) is 6.32. The van der Waals surface area contributed by atoms with Crippen LogP contribution in [-0.2, 0) is 0 Å². The van der Waals surface area contributed by atoms with Gasteiger partial charge in [-0.05, 0) is 18.1 Å². The van der Waals surface area contributed by atoms with Gasteiger partial charge in [0.2, 0.25) is 11.6 Å². The number of nitrogens with two attached hydrogens (primary N) is 1. The molecule has 0 radical (unpaired) electrons. The van der Waals surface area contributed by atoms with E-state index in [1.165, 1.54) is 0 Å².